The molecule has 28 heavy (non-hydrogen) atoms. The Morgan fingerprint density at radius 1 is 1.07 bits per heavy atom. The van der Waals surface area contributed by atoms with Gasteiger partial charge in [-0.3, -0.25) is 9.20 Å². The molecule has 0 bridgehead atoms. The number of nitrogens with zero attached hydrogens (tertiary/aromatic N) is 4. The Labute approximate surface area is 163 Å². The molecule has 8 nitrogen and oxygen atoms in total. The summed E-state index contributed by atoms with van der Waals surface area (Å²) in [5.74, 6) is 0.438. The number of hydrogen-bond donors (Lipinski definition) is 1. The molecular formula is C19H21N5O3S. The van der Waals surface area contributed by atoms with Crippen LogP contribution in [0.15, 0.2) is 53.6 Å². The maximum atomic E-state index is 12.7. The third-order valence-electron chi connectivity index (χ3n) is 4.82. The van der Waals surface area contributed by atoms with Gasteiger partial charge in [0.2, 0.25) is 10.0 Å². The van der Waals surface area contributed by atoms with Crippen LogP contribution in [-0.2, 0) is 16.4 Å². The van der Waals surface area contributed by atoms with E-state index in [0.29, 0.717) is 31.6 Å². The van der Waals surface area contributed by atoms with E-state index in [2.05, 4.69) is 15.5 Å². The van der Waals surface area contributed by atoms with Crippen molar-refractivity contribution >= 4 is 21.6 Å². The van der Waals surface area contributed by atoms with Gasteiger partial charge >= 0.3 is 0 Å². The predicted molar refractivity (Wildman–Crippen MR) is 103 cm³/mol. The zero-order valence-corrected chi connectivity index (χ0v) is 16.1. The maximum Gasteiger partial charge on any atom is 0.251 e. The minimum absolute atomic E-state index is 0.158. The first kappa shape index (κ1) is 18.6. The highest BCUT2D eigenvalue weighted by Gasteiger charge is 2.27. The van der Waals surface area contributed by atoms with Crippen LogP contribution in [0.3, 0.4) is 0 Å². The van der Waals surface area contributed by atoms with Crippen LogP contribution >= 0.6 is 0 Å². The summed E-state index contributed by atoms with van der Waals surface area (Å²) in [5, 5.41) is 11.0. The lowest BCUT2D eigenvalue weighted by Crippen LogP contribution is -2.29. The fourth-order valence-corrected chi connectivity index (χ4v) is 4.89. The topological polar surface area (TPSA) is 96.7 Å². The molecule has 1 aliphatic heterocycles. The van der Waals surface area contributed by atoms with Crippen LogP contribution < -0.4 is 5.32 Å². The standard InChI is InChI=1S/C19H21N5O3S/c25-19(20-10-9-18-22-21-17-8-1-2-13-24(17)18)15-6-5-7-16(14-15)28(26,27)23-11-3-4-12-23/h1-2,5-8,13-14H,3-4,9-12H2,(H,20,25). The molecule has 1 amide bonds. The summed E-state index contributed by atoms with van der Waals surface area (Å²) in [7, 11) is -3.54. The first-order valence-electron chi connectivity index (χ1n) is 9.23. The van der Waals surface area contributed by atoms with Crippen molar-refractivity contribution in [2.24, 2.45) is 0 Å². The number of rotatable bonds is 6. The lowest BCUT2D eigenvalue weighted by atomic mass is 10.2. The second-order valence-corrected chi connectivity index (χ2v) is 8.63. The number of benzene rings is 1. The molecule has 0 spiro atoms. The molecule has 0 atom stereocenters. The number of hydrogen-bond acceptors (Lipinski definition) is 5. The Kier molecular flexibility index (Phi) is 5.10. The van der Waals surface area contributed by atoms with E-state index in [4.69, 9.17) is 0 Å². The third-order valence-corrected chi connectivity index (χ3v) is 6.71. The summed E-state index contributed by atoms with van der Waals surface area (Å²) >= 11 is 0. The molecule has 3 aromatic rings. The van der Waals surface area contributed by atoms with Crippen molar-refractivity contribution < 1.29 is 13.2 Å². The second-order valence-electron chi connectivity index (χ2n) is 6.69. The van der Waals surface area contributed by atoms with E-state index in [1.54, 1.807) is 12.1 Å². The van der Waals surface area contributed by atoms with Crippen molar-refractivity contribution in [1.29, 1.82) is 0 Å². The number of carbonyl (C=O) groups is 1. The van der Waals surface area contributed by atoms with E-state index in [1.807, 2.05) is 28.8 Å². The van der Waals surface area contributed by atoms with Crippen LogP contribution in [0.25, 0.3) is 5.65 Å². The Morgan fingerprint density at radius 3 is 2.71 bits per heavy atom. The summed E-state index contributed by atoms with van der Waals surface area (Å²) in [5.41, 5.74) is 1.08. The Bertz CT molecular complexity index is 1100. The fraction of sp³-hybridized carbons (Fsp3) is 0.316. The molecule has 2 aromatic heterocycles. The van der Waals surface area contributed by atoms with Crippen LogP contribution in [0.5, 0.6) is 0 Å². The predicted octanol–water partition coefficient (Wildman–Crippen LogP) is 1.49. The number of fused-ring (bicyclic) bond motifs is 1. The average molecular weight is 399 g/mol. The van der Waals surface area contributed by atoms with E-state index in [9.17, 15) is 13.2 Å². The zero-order valence-electron chi connectivity index (χ0n) is 15.3. The van der Waals surface area contributed by atoms with E-state index in [0.717, 1.165) is 24.3 Å². The Morgan fingerprint density at radius 2 is 1.89 bits per heavy atom. The molecule has 0 saturated carbocycles. The number of sulfonamides is 1. The highest BCUT2D eigenvalue weighted by Crippen LogP contribution is 2.21. The first-order valence-corrected chi connectivity index (χ1v) is 10.7. The van der Waals surface area contributed by atoms with Gasteiger partial charge in [-0.1, -0.05) is 12.1 Å². The van der Waals surface area contributed by atoms with Crippen molar-refractivity contribution in [3.63, 3.8) is 0 Å². The van der Waals surface area contributed by atoms with E-state index in [-0.39, 0.29) is 10.8 Å². The van der Waals surface area contributed by atoms with Crippen molar-refractivity contribution in [3.05, 3.63) is 60.0 Å². The van der Waals surface area contributed by atoms with Gasteiger partial charge in [-0.2, -0.15) is 4.31 Å². The summed E-state index contributed by atoms with van der Waals surface area (Å²) in [6.45, 7) is 1.44. The number of nitrogens with one attached hydrogen (secondary N) is 1. The smallest absolute Gasteiger partial charge is 0.251 e. The molecule has 146 valence electrons. The minimum atomic E-state index is -3.54. The molecular weight excluding hydrogens is 378 g/mol. The fourth-order valence-electron chi connectivity index (χ4n) is 3.33. The van der Waals surface area contributed by atoms with Gasteiger partial charge in [-0.25, -0.2) is 8.42 Å². The van der Waals surface area contributed by atoms with Crippen molar-refractivity contribution in [1.82, 2.24) is 24.2 Å². The monoisotopic (exact) mass is 399 g/mol. The summed E-state index contributed by atoms with van der Waals surface area (Å²) in [6, 6.07) is 11.8. The molecule has 1 fully saturated rings. The normalized spacial score (nSPS) is 15.1. The molecule has 1 N–H and O–H groups in total. The van der Waals surface area contributed by atoms with Crippen LogP contribution in [0.1, 0.15) is 29.0 Å². The minimum Gasteiger partial charge on any atom is -0.352 e. The van der Waals surface area contributed by atoms with Crippen molar-refractivity contribution in [2.45, 2.75) is 24.2 Å². The zero-order chi connectivity index (χ0) is 19.6. The van der Waals surface area contributed by atoms with Gasteiger partial charge in [0.1, 0.15) is 5.82 Å². The van der Waals surface area contributed by atoms with Crippen molar-refractivity contribution in [3.8, 4) is 0 Å². The number of aromatic nitrogens is 3. The molecule has 1 aromatic carbocycles. The van der Waals surface area contributed by atoms with Crippen LogP contribution in [0, 0.1) is 0 Å². The Hall–Kier alpha value is -2.78. The van der Waals surface area contributed by atoms with E-state index < -0.39 is 10.0 Å². The first-order chi connectivity index (χ1) is 13.6. The van der Waals surface area contributed by atoms with Gasteiger partial charge in [0.25, 0.3) is 5.91 Å². The quantitative estimate of drug-likeness (QED) is 0.677. The lowest BCUT2D eigenvalue weighted by Gasteiger charge is -2.16. The highest BCUT2D eigenvalue weighted by atomic mass is 32.2. The van der Waals surface area contributed by atoms with Gasteiger partial charge in [0.15, 0.2) is 5.65 Å². The number of carbonyl (C=O) groups excluding carboxylic acids is 1. The van der Waals surface area contributed by atoms with Crippen LogP contribution in [-0.4, -0.2) is 52.9 Å². The van der Waals surface area contributed by atoms with Crippen LogP contribution in [0.4, 0.5) is 0 Å². The molecule has 1 aliphatic rings. The van der Waals surface area contributed by atoms with Gasteiger partial charge in [0, 0.05) is 37.8 Å². The molecule has 0 radical (unpaired) electrons. The van der Waals surface area contributed by atoms with Gasteiger partial charge in [-0.05, 0) is 43.2 Å². The largest absolute Gasteiger partial charge is 0.352 e. The van der Waals surface area contributed by atoms with Crippen LogP contribution in [0.2, 0.25) is 0 Å². The SMILES string of the molecule is O=C(NCCc1nnc2ccccn12)c1cccc(S(=O)(=O)N2CCCC2)c1. The summed E-state index contributed by atoms with van der Waals surface area (Å²) in [6.07, 6.45) is 4.13. The molecule has 9 heteroatoms. The van der Waals surface area contributed by atoms with E-state index in [1.165, 1.54) is 16.4 Å². The summed E-state index contributed by atoms with van der Waals surface area (Å²) < 4.78 is 28.7. The molecule has 3 heterocycles. The number of pyridine rings is 1. The molecule has 0 aliphatic carbocycles. The van der Waals surface area contributed by atoms with Gasteiger partial charge in [-0.15, -0.1) is 10.2 Å². The molecule has 0 unspecified atom stereocenters. The Balaban J connectivity index is 1.42. The molecule has 1 saturated heterocycles. The lowest BCUT2D eigenvalue weighted by molar-refractivity contribution is 0.0953. The third kappa shape index (κ3) is 3.63. The average Bonchev–Trinajstić information content (AvgIpc) is 3.39. The highest BCUT2D eigenvalue weighted by molar-refractivity contribution is 7.89. The maximum absolute atomic E-state index is 12.7. The van der Waals surface area contributed by atoms with Gasteiger partial charge < -0.3 is 5.32 Å². The second kappa shape index (κ2) is 7.69. The molecule has 4 rings (SSSR count). The number of amides is 1. The van der Waals surface area contributed by atoms with Crippen molar-refractivity contribution in [2.75, 3.05) is 19.6 Å². The summed E-state index contributed by atoms with van der Waals surface area (Å²) in [4.78, 5) is 12.6. The van der Waals surface area contributed by atoms with Gasteiger partial charge in [0.05, 0.1) is 4.90 Å². The van der Waals surface area contributed by atoms with E-state index >= 15 is 0 Å².